The van der Waals surface area contributed by atoms with Gasteiger partial charge in [-0.15, -0.1) is 0 Å². The Labute approximate surface area is 86.7 Å². The molecule has 0 aromatic carbocycles. The van der Waals surface area contributed by atoms with Crippen molar-refractivity contribution in [3.05, 3.63) is 10.6 Å². The Morgan fingerprint density at radius 3 is 3.07 bits per heavy atom. The fourth-order valence-electron chi connectivity index (χ4n) is 1.56. The van der Waals surface area contributed by atoms with E-state index in [0.29, 0.717) is 5.95 Å². The molecule has 3 N–H and O–H groups in total. The molecule has 1 aromatic rings. The van der Waals surface area contributed by atoms with Gasteiger partial charge in [0.15, 0.2) is 0 Å². The smallest absolute Gasteiger partial charge is 0.224 e. The zero-order valence-corrected chi connectivity index (χ0v) is 8.51. The van der Waals surface area contributed by atoms with Crippen molar-refractivity contribution < 1.29 is 4.74 Å². The zero-order chi connectivity index (χ0) is 9.97. The maximum absolute atomic E-state index is 5.52. The topological polar surface area (TPSA) is 76.8 Å². The van der Waals surface area contributed by atoms with Gasteiger partial charge in [0.2, 0.25) is 10.7 Å². The first-order valence-corrected chi connectivity index (χ1v) is 4.99. The second-order valence-corrected chi connectivity index (χ2v) is 3.67. The first-order valence-electron chi connectivity index (χ1n) is 4.58. The normalized spacial score (nSPS) is 21.3. The molecule has 1 fully saturated rings. The molecule has 2 heterocycles. The summed E-state index contributed by atoms with van der Waals surface area (Å²) in [6.45, 7) is 0.839. The van der Waals surface area contributed by atoms with Gasteiger partial charge in [-0.25, -0.2) is 4.98 Å². The van der Waals surface area contributed by atoms with Crippen LogP contribution in [-0.2, 0) is 11.2 Å². The van der Waals surface area contributed by atoms with Crippen molar-refractivity contribution in [2.75, 3.05) is 12.3 Å². The molecule has 5 nitrogen and oxygen atoms in total. The molecule has 0 bridgehead atoms. The van der Waals surface area contributed by atoms with Crippen LogP contribution in [0.4, 0.5) is 5.95 Å². The number of nitrogen functional groups attached to an aromatic ring is 1. The van der Waals surface area contributed by atoms with Gasteiger partial charge in [-0.05, 0) is 25.1 Å². The van der Waals surface area contributed by atoms with Gasteiger partial charge in [-0.1, -0.05) is 0 Å². The number of nitrogens with zero attached hydrogens (tertiary/aromatic N) is 2. The summed E-state index contributed by atoms with van der Waals surface area (Å²) < 4.78 is 5.77. The van der Waals surface area contributed by atoms with Gasteiger partial charge in [0, 0.05) is 13.0 Å². The molecule has 0 amide bonds. The summed E-state index contributed by atoms with van der Waals surface area (Å²) >= 11 is 4.86. The summed E-state index contributed by atoms with van der Waals surface area (Å²) in [7, 11) is 0. The van der Waals surface area contributed by atoms with E-state index in [4.69, 9.17) is 22.7 Å². The highest BCUT2D eigenvalue weighted by Gasteiger charge is 2.16. The zero-order valence-electron chi connectivity index (χ0n) is 7.69. The average molecular weight is 212 g/mol. The minimum Gasteiger partial charge on any atom is -0.378 e. The summed E-state index contributed by atoms with van der Waals surface area (Å²) in [6.07, 6.45) is 3.17. The van der Waals surface area contributed by atoms with E-state index in [9.17, 15) is 0 Å². The number of H-pyrrole nitrogens is 1. The van der Waals surface area contributed by atoms with Crippen LogP contribution in [0.5, 0.6) is 0 Å². The molecule has 1 aliphatic rings. The third-order valence-corrected chi connectivity index (χ3v) is 2.35. The third-order valence-electron chi connectivity index (χ3n) is 2.16. The van der Waals surface area contributed by atoms with Gasteiger partial charge in [-0.2, -0.15) is 4.98 Å². The van der Waals surface area contributed by atoms with E-state index in [-0.39, 0.29) is 10.9 Å². The number of hydrogen-bond donors (Lipinski definition) is 2. The Bertz CT molecular complexity index is 372. The minimum atomic E-state index is 0.245. The van der Waals surface area contributed by atoms with E-state index in [1.807, 2.05) is 0 Å². The van der Waals surface area contributed by atoms with Crippen molar-refractivity contribution in [3.63, 3.8) is 0 Å². The van der Waals surface area contributed by atoms with Crippen molar-refractivity contribution in [1.29, 1.82) is 0 Å². The Morgan fingerprint density at radius 1 is 1.57 bits per heavy atom. The molecule has 2 rings (SSSR count). The molecule has 1 atom stereocenters. The van der Waals surface area contributed by atoms with Crippen molar-refractivity contribution >= 4 is 18.2 Å². The molecule has 0 spiro atoms. The maximum Gasteiger partial charge on any atom is 0.224 e. The predicted molar refractivity (Wildman–Crippen MR) is 54.3 cm³/mol. The number of aromatic amines is 1. The van der Waals surface area contributed by atoms with E-state index < -0.39 is 0 Å². The molecule has 1 saturated heterocycles. The number of nitrogens with one attached hydrogen (secondary N) is 1. The van der Waals surface area contributed by atoms with Gasteiger partial charge in [0.05, 0.1) is 6.10 Å². The number of anilines is 1. The van der Waals surface area contributed by atoms with Crippen LogP contribution >= 0.6 is 12.2 Å². The highest BCUT2D eigenvalue weighted by atomic mass is 32.1. The molecule has 0 saturated carbocycles. The van der Waals surface area contributed by atoms with E-state index in [1.165, 1.54) is 0 Å². The van der Waals surface area contributed by atoms with Gasteiger partial charge < -0.3 is 15.5 Å². The molecule has 1 aromatic heterocycles. The van der Waals surface area contributed by atoms with Crippen LogP contribution in [0.15, 0.2) is 0 Å². The van der Waals surface area contributed by atoms with E-state index >= 15 is 0 Å². The van der Waals surface area contributed by atoms with Crippen molar-refractivity contribution in [2.45, 2.75) is 25.4 Å². The Kier molecular flexibility index (Phi) is 2.74. The van der Waals surface area contributed by atoms with Crippen LogP contribution in [0.1, 0.15) is 18.7 Å². The lowest BCUT2D eigenvalue weighted by Crippen LogP contribution is -2.13. The van der Waals surface area contributed by atoms with Crippen LogP contribution in [0.3, 0.4) is 0 Å². The largest absolute Gasteiger partial charge is 0.378 e. The first-order chi connectivity index (χ1) is 6.74. The molecule has 76 valence electrons. The van der Waals surface area contributed by atoms with Crippen LogP contribution in [0.2, 0.25) is 0 Å². The summed E-state index contributed by atoms with van der Waals surface area (Å²) in [4.78, 5) is 10.8. The number of nitrogens with two attached hydrogens (primary N) is 1. The Hall–Kier alpha value is -1.01. The SMILES string of the molecule is Nc1nc(=S)nc(CC2CCCO2)[nH]1. The van der Waals surface area contributed by atoms with Gasteiger partial charge in [0.1, 0.15) is 5.82 Å². The van der Waals surface area contributed by atoms with Crippen molar-refractivity contribution in [2.24, 2.45) is 0 Å². The van der Waals surface area contributed by atoms with Crippen LogP contribution in [0.25, 0.3) is 0 Å². The minimum absolute atomic E-state index is 0.245. The molecular weight excluding hydrogens is 200 g/mol. The lowest BCUT2D eigenvalue weighted by Gasteiger charge is -2.08. The van der Waals surface area contributed by atoms with Gasteiger partial charge in [-0.3, -0.25) is 0 Å². The second kappa shape index (κ2) is 4.02. The molecular formula is C8H12N4OS. The summed E-state index contributed by atoms with van der Waals surface area (Å²) in [6, 6.07) is 0. The quantitative estimate of drug-likeness (QED) is 0.710. The Morgan fingerprint density at radius 2 is 2.43 bits per heavy atom. The third kappa shape index (κ3) is 2.27. The molecule has 14 heavy (non-hydrogen) atoms. The fourth-order valence-corrected chi connectivity index (χ4v) is 1.77. The first kappa shape index (κ1) is 9.54. The average Bonchev–Trinajstić information content (AvgIpc) is 2.54. The monoisotopic (exact) mass is 212 g/mol. The molecule has 1 unspecified atom stereocenters. The van der Waals surface area contributed by atoms with Crippen LogP contribution in [0, 0.1) is 4.77 Å². The number of ether oxygens (including phenoxy) is 1. The Balaban J connectivity index is 2.11. The summed E-state index contributed by atoms with van der Waals surface area (Å²) in [5, 5.41) is 0. The lowest BCUT2D eigenvalue weighted by molar-refractivity contribution is 0.110. The van der Waals surface area contributed by atoms with Crippen LogP contribution in [-0.4, -0.2) is 27.7 Å². The molecule has 0 aliphatic carbocycles. The fraction of sp³-hybridized carbons (Fsp3) is 0.625. The lowest BCUT2D eigenvalue weighted by atomic mass is 10.2. The second-order valence-electron chi connectivity index (χ2n) is 3.30. The van der Waals surface area contributed by atoms with Crippen molar-refractivity contribution in [3.8, 4) is 0 Å². The predicted octanol–water partition coefficient (Wildman–Crippen LogP) is 0.838. The summed E-state index contributed by atoms with van der Waals surface area (Å²) in [5.41, 5.74) is 5.52. The number of aromatic nitrogens is 3. The highest BCUT2D eigenvalue weighted by molar-refractivity contribution is 7.71. The molecule has 1 aliphatic heterocycles. The maximum atomic E-state index is 5.52. The van der Waals surface area contributed by atoms with E-state index in [0.717, 1.165) is 31.7 Å². The number of rotatable bonds is 2. The molecule has 0 radical (unpaired) electrons. The number of hydrogen-bond acceptors (Lipinski definition) is 5. The summed E-state index contributed by atoms with van der Waals surface area (Å²) in [5.74, 6) is 1.08. The van der Waals surface area contributed by atoms with Gasteiger partial charge in [0.25, 0.3) is 0 Å². The van der Waals surface area contributed by atoms with E-state index in [1.54, 1.807) is 0 Å². The standard InChI is InChI=1S/C8H12N4OS/c9-7-10-6(11-8(14)12-7)4-5-2-1-3-13-5/h5H,1-4H2,(H3,9,10,11,12,14). The van der Waals surface area contributed by atoms with E-state index in [2.05, 4.69) is 15.0 Å². The van der Waals surface area contributed by atoms with Gasteiger partial charge >= 0.3 is 0 Å². The van der Waals surface area contributed by atoms with Crippen molar-refractivity contribution in [1.82, 2.24) is 15.0 Å². The highest BCUT2D eigenvalue weighted by Crippen LogP contribution is 2.15. The molecule has 6 heteroatoms. The van der Waals surface area contributed by atoms with Crippen LogP contribution < -0.4 is 5.73 Å².